The number of likely N-dealkylation sites (tertiary alicyclic amines) is 1. The minimum absolute atomic E-state index is 0.0976. The van der Waals surface area contributed by atoms with E-state index in [1.54, 1.807) is 18.2 Å². The Morgan fingerprint density at radius 1 is 1.29 bits per heavy atom. The van der Waals surface area contributed by atoms with Crippen molar-refractivity contribution in [2.45, 2.75) is 31.6 Å². The minimum atomic E-state index is -0.354. The van der Waals surface area contributed by atoms with Crippen molar-refractivity contribution >= 4 is 5.91 Å². The van der Waals surface area contributed by atoms with E-state index in [9.17, 15) is 14.0 Å². The lowest BCUT2D eigenvalue weighted by Gasteiger charge is -2.32. The van der Waals surface area contributed by atoms with Gasteiger partial charge >= 0.3 is 5.69 Å². The number of nitrogens with one attached hydrogen (secondary N) is 1. The number of amides is 1. The van der Waals surface area contributed by atoms with Crippen LogP contribution in [-0.2, 0) is 11.2 Å². The Labute approximate surface area is 139 Å². The number of carbonyl (C=O) groups excluding carboxylic acids is 1. The predicted molar refractivity (Wildman–Crippen MR) is 88.1 cm³/mol. The first-order valence-electron chi connectivity index (χ1n) is 8.19. The summed E-state index contributed by atoms with van der Waals surface area (Å²) in [4.78, 5) is 32.1. The molecule has 0 spiro atoms. The largest absolute Gasteiger partial charge is 0.345 e. The first kappa shape index (κ1) is 16.4. The maximum Gasteiger partial charge on any atom is 0.345 e. The molecule has 1 fully saturated rings. The molecule has 24 heavy (non-hydrogen) atoms. The van der Waals surface area contributed by atoms with Crippen LogP contribution in [0.2, 0.25) is 0 Å². The number of aromatic amines is 1. The van der Waals surface area contributed by atoms with Crippen LogP contribution in [0, 0.1) is 5.82 Å². The molecule has 1 amide bonds. The minimum Gasteiger partial charge on any atom is -0.342 e. The lowest BCUT2D eigenvalue weighted by Crippen LogP contribution is -2.39. The second-order valence-electron chi connectivity index (χ2n) is 6.14. The molecule has 1 aliphatic heterocycles. The zero-order chi connectivity index (χ0) is 16.9. The van der Waals surface area contributed by atoms with Crippen molar-refractivity contribution in [2.24, 2.45) is 0 Å². The van der Waals surface area contributed by atoms with Crippen LogP contribution in [-0.4, -0.2) is 33.9 Å². The fraction of sp³-hybridized carbons (Fsp3) is 0.389. The SMILES string of the molecule is O=C(CCc1ccc(F)cc1)N1CCC[C@H](c2ccnc(=O)[nH]2)C1. The van der Waals surface area contributed by atoms with Gasteiger partial charge in [0.25, 0.3) is 0 Å². The number of aryl methyl sites for hydroxylation is 1. The standard InChI is InChI=1S/C18H20FN3O2/c19-15-6-3-13(4-7-15)5-8-17(23)22-11-1-2-14(12-22)16-9-10-20-18(24)21-16/h3-4,6-7,9-10,14H,1-2,5,8,11-12H2,(H,20,21,24)/t14-/m0/s1. The van der Waals surface area contributed by atoms with Crippen LogP contribution < -0.4 is 5.69 Å². The summed E-state index contributed by atoms with van der Waals surface area (Å²) in [5, 5.41) is 0. The number of piperidine rings is 1. The third kappa shape index (κ3) is 4.07. The summed E-state index contributed by atoms with van der Waals surface area (Å²) >= 11 is 0. The highest BCUT2D eigenvalue weighted by molar-refractivity contribution is 5.76. The van der Waals surface area contributed by atoms with Crippen LogP contribution in [0.3, 0.4) is 0 Å². The third-order valence-corrected chi connectivity index (χ3v) is 4.45. The first-order valence-corrected chi connectivity index (χ1v) is 8.19. The van der Waals surface area contributed by atoms with Crippen molar-refractivity contribution in [3.63, 3.8) is 0 Å². The highest BCUT2D eigenvalue weighted by atomic mass is 19.1. The maximum absolute atomic E-state index is 12.9. The van der Waals surface area contributed by atoms with E-state index in [2.05, 4.69) is 9.97 Å². The molecule has 0 unspecified atom stereocenters. The summed E-state index contributed by atoms with van der Waals surface area (Å²) < 4.78 is 12.9. The lowest BCUT2D eigenvalue weighted by molar-refractivity contribution is -0.132. The third-order valence-electron chi connectivity index (χ3n) is 4.45. The Balaban J connectivity index is 1.58. The zero-order valence-corrected chi connectivity index (χ0v) is 13.4. The van der Waals surface area contributed by atoms with Crippen molar-refractivity contribution in [1.82, 2.24) is 14.9 Å². The molecule has 1 aliphatic rings. The number of halogens is 1. The fourth-order valence-corrected chi connectivity index (χ4v) is 3.14. The van der Waals surface area contributed by atoms with Crippen molar-refractivity contribution in [2.75, 3.05) is 13.1 Å². The van der Waals surface area contributed by atoms with Crippen LogP contribution in [0.25, 0.3) is 0 Å². The maximum atomic E-state index is 12.9. The second-order valence-corrected chi connectivity index (χ2v) is 6.14. The predicted octanol–water partition coefficient (Wildman–Crippen LogP) is 2.25. The van der Waals surface area contributed by atoms with E-state index in [-0.39, 0.29) is 23.3 Å². The number of hydrogen-bond acceptors (Lipinski definition) is 3. The number of H-pyrrole nitrogens is 1. The van der Waals surface area contributed by atoms with Gasteiger partial charge in [0.15, 0.2) is 0 Å². The lowest BCUT2D eigenvalue weighted by atomic mass is 9.94. The summed E-state index contributed by atoms with van der Waals surface area (Å²) in [5.74, 6) is -0.0278. The van der Waals surface area contributed by atoms with Crippen LogP contribution >= 0.6 is 0 Å². The average molecular weight is 329 g/mol. The van der Waals surface area contributed by atoms with Crippen molar-refractivity contribution in [3.8, 4) is 0 Å². The van der Waals surface area contributed by atoms with Gasteiger partial charge in [-0.1, -0.05) is 12.1 Å². The second kappa shape index (κ2) is 7.38. The van der Waals surface area contributed by atoms with E-state index in [4.69, 9.17) is 0 Å². The van der Waals surface area contributed by atoms with Crippen LogP contribution in [0.4, 0.5) is 4.39 Å². The van der Waals surface area contributed by atoms with Crippen molar-refractivity contribution in [1.29, 1.82) is 0 Å². The van der Waals surface area contributed by atoms with Gasteiger partial charge in [0.2, 0.25) is 5.91 Å². The van der Waals surface area contributed by atoms with Crippen LogP contribution in [0.15, 0.2) is 41.3 Å². The molecule has 1 aromatic heterocycles. The summed E-state index contributed by atoms with van der Waals surface area (Å²) in [6.07, 6.45) is 4.38. The number of carbonyl (C=O) groups is 1. The molecule has 0 bridgehead atoms. The molecule has 1 N–H and O–H groups in total. The van der Waals surface area contributed by atoms with E-state index < -0.39 is 0 Å². The van der Waals surface area contributed by atoms with Gasteiger partial charge in [-0.25, -0.2) is 14.2 Å². The normalized spacial score (nSPS) is 17.7. The summed E-state index contributed by atoms with van der Waals surface area (Å²) in [7, 11) is 0. The van der Waals surface area contributed by atoms with Gasteiger partial charge in [-0.2, -0.15) is 0 Å². The molecule has 0 saturated carbocycles. The molecule has 5 nitrogen and oxygen atoms in total. The Morgan fingerprint density at radius 3 is 2.83 bits per heavy atom. The van der Waals surface area contributed by atoms with Crippen LogP contribution in [0.5, 0.6) is 0 Å². The smallest absolute Gasteiger partial charge is 0.342 e. The number of aromatic nitrogens is 2. The number of rotatable bonds is 4. The number of benzene rings is 1. The molecule has 126 valence electrons. The van der Waals surface area contributed by atoms with Crippen molar-refractivity contribution in [3.05, 3.63) is 64.1 Å². The van der Waals surface area contributed by atoms with Gasteiger partial charge in [-0.15, -0.1) is 0 Å². The molecule has 6 heteroatoms. The molecule has 1 atom stereocenters. The molecular formula is C18H20FN3O2. The molecule has 3 rings (SSSR count). The number of hydrogen-bond donors (Lipinski definition) is 1. The zero-order valence-electron chi connectivity index (χ0n) is 13.4. The van der Waals surface area contributed by atoms with Gasteiger partial charge in [0.05, 0.1) is 0 Å². The molecule has 2 heterocycles. The van der Waals surface area contributed by atoms with E-state index in [0.29, 0.717) is 19.4 Å². The number of nitrogens with zero attached hydrogens (tertiary/aromatic N) is 2. The molecule has 2 aromatic rings. The van der Waals surface area contributed by atoms with Gasteiger partial charge < -0.3 is 9.88 Å². The van der Waals surface area contributed by atoms with Crippen molar-refractivity contribution < 1.29 is 9.18 Å². The van der Waals surface area contributed by atoms with Gasteiger partial charge in [0, 0.05) is 37.3 Å². The molecule has 0 aliphatic carbocycles. The first-order chi connectivity index (χ1) is 11.6. The quantitative estimate of drug-likeness (QED) is 0.935. The fourth-order valence-electron chi connectivity index (χ4n) is 3.14. The van der Waals surface area contributed by atoms with E-state index >= 15 is 0 Å². The van der Waals surface area contributed by atoms with E-state index in [0.717, 1.165) is 30.6 Å². The van der Waals surface area contributed by atoms with E-state index in [1.807, 2.05) is 4.90 Å². The van der Waals surface area contributed by atoms with Gasteiger partial charge in [-0.05, 0) is 43.0 Å². The van der Waals surface area contributed by atoms with Crippen LogP contribution in [0.1, 0.15) is 36.4 Å². The average Bonchev–Trinajstić information content (AvgIpc) is 2.61. The molecule has 1 aromatic carbocycles. The van der Waals surface area contributed by atoms with E-state index in [1.165, 1.54) is 18.3 Å². The van der Waals surface area contributed by atoms with Gasteiger partial charge in [-0.3, -0.25) is 4.79 Å². The monoisotopic (exact) mass is 329 g/mol. The summed E-state index contributed by atoms with van der Waals surface area (Å²) in [6, 6.07) is 8.05. The molecule has 1 saturated heterocycles. The molecule has 0 radical (unpaired) electrons. The Hall–Kier alpha value is -2.50. The Kier molecular flexibility index (Phi) is 5.03. The Bertz CT molecular complexity index is 757. The highest BCUT2D eigenvalue weighted by Crippen LogP contribution is 2.25. The Morgan fingerprint density at radius 2 is 2.08 bits per heavy atom. The topological polar surface area (TPSA) is 66.1 Å². The van der Waals surface area contributed by atoms with Gasteiger partial charge in [0.1, 0.15) is 5.82 Å². The summed E-state index contributed by atoms with van der Waals surface area (Å²) in [5.41, 5.74) is 1.44. The highest BCUT2D eigenvalue weighted by Gasteiger charge is 2.25. The molecular weight excluding hydrogens is 309 g/mol. The summed E-state index contributed by atoms with van der Waals surface area (Å²) in [6.45, 7) is 1.36.